The Bertz CT molecular complexity index is 975. The number of benzene rings is 2. The Balaban J connectivity index is 1.64. The smallest absolute Gasteiger partial charge is 0.234 e. The number of anilines is 1. The average molecular weight is 418 g/mol. The van der Waals surface area contributed by atoms with Gasteiger partial charge in [-0.2, -0.15) is 0 Å². The first-order valence-electron chi connectivity index (χ1n) is 8.61. The summed E-state index contributed by atoms with van der Waals surface area (Å²) >= 11 is 7.28. The van der Waals surface area contributed by atoms with Gasteiger partial charge in [-0.05, 0) is 55.8 Å². The fourth-order valence-corrected chi connectivity index (χ4v) is 3.33. The number of nitrogens with zero attached hydrogens (tertiary/aromatic N) is 3. The summed E-state index contributed by atoms with van der Waals surface area (Å²) in [6.45, 7) is 4.38. The Morgan fingerprint density at radius 3 is 2.71 bits per heavy atom. The predicted octanol–water partition coefficient (Wildman–Crippen LogP) is 3.75. The molecule has 0 saturated heterocycles. The van der Waals surface area contributed by atoms with Crippen LogP contribution in [0.2, 0.25) is 5.02 Å². The number of aromatic nitrogens is 3. The first-order chi connectivity index (χ1) is 13.5. The standard InChI is InChI=1S/C19H20ClN5O2S/c1-3-27-14-9-7-13(8-10-14)18-23-24-19(25(18)21)28-11-17(26)22-16-6-4-5-15(20)12(16)2/h4-10H,3,11,21H2,1-2H3,(H,22,26). The summed E-state index contributed by atoms with van der Waals surface area (Å²) in [6, 6.07) is 12.8. The van der Waals surface area contributed by atoms with E-state index in [2.05, 4.69) is 15.5 Å². The molecule has 28 heavy (non-hydrogen) atoms. The van der Waals surface area contributed by atoms with E-state index in [-0.39, 0.29) is 11.7 Å². The minimum absolute atomic E-state index is 0.143. The number of nitrogens with one attached hydrogen (secondary N) is 1. The number of rotatable bonds is 7. The largest absolute Gasteiger partial charge is 0.494 e. The summed E-state index contributed by atoms with van der Waals surface area (Å²) < 4.78 is 6.80. The van der Waals surface area contributed by atoms with E-state index in [1.54, 1.807) is 18.2 Å². The van der Waals surface area contributed by atoms with Gasteiger partial charge in [0, 0.05) is 16.3 Å². The summed E-state index contributed by atoms with van der Waals surface area (Å²) in [5.74, 6) is 7.35. The lowest BCUT2D eigenvalue weighted by atomic mass is 10.2. The first kappa shape index (κ1) is 20.0. The zero-order valence-electron chi connectivity index (χ0n) is 15.5. The first-order valence-corrected chi connectivity index (χ1v) is 9.97. The van der Waals surface area contributed by atoms with E-state index in [1.807, 2.05) is 38.1 Å². The molecule has 3 rings (SSSR count). The van der Waals surface area contributed by atoms with Crippen LogP contribution in [0.15, 0.2) is 47.6 Å². The topological polar surface area (TPSA) is 95.1 Å². The SMILES string of the molecule is CCOc1ccc(-c2nnc(SCC(=O)Nc3cccc(Cl)c3C)n2N)cc1. The van der Waals surface area contributed by atoms with Crippen molar-refractivity contribution in [1.82, 2.24) is 14.9 Å². The monoisotopic (exact) mass is 417 g/mol. The fraction of sp³-hybridized carbons (Fsp3) is 0.211. The lowest BCUT2D eigenvalue weighted by Crippen LogP contribution is -2.17. The van der Waals surface area contributed by atoms with E-state index in [0.29, 0.717) is 28.3 Å². The number of amides is 1. The molecule has 0 saturated carbocycles. The molecule has 9 heteroatoms. The maximum absolute atomic E-state index is 12.2. The molecule has 1 heterocycles. The van der Waals surface area contributed by atoms with Crippen LogP contribution in [0.25, 0.3) is 11.4 Å². The number of ether oxygens (including phenoxy) is 1. The molecule has 0 aliphatic rings. The van der Waals surface area contributed by atoms with Gasteiger partial charge in [0.2, 0.25) is 11.1 Å². The Morgan fingerprint density at radius 1 is 1.25 bits per heavy atom. The molecule has 0 fully saturated rings. The third-order valence-corrected chi connectivity index (χ3v) is 5.31. The fourth-order valence-electron chi connectivity index (χ4n) is 2.50. The van der Waals surface area contributed by atoms with Crippen LogP contribution in [0.5, 0.6) is 5.75 Å². The second-order valence-corrected chi connectivity index (χ2v) is 7.23. The van der Waals surface area contributed by atoms with Gasteiger partial charge in [-0.1, -0.05) is 29.4 Å². The van der Waals surface area contributed by atoms with Gasteiger partial charge in [-0.25, -0.2) is 4.68 Å². The minimum Gasteiger partial charge on any atom is -0.494 e. The van der Waals surface area contributed by atoms with Gasteiger partial charge < -0.3 is 15.9 Å². The van der Waals surface area contributed by atoms with Crippen molar-refractivity contribution in [1.29, 1.82) is 0 Å². The molecule has 1 aromatic heterocycles. The van der Waals surface area contributed by atoms with Crippen molar-refractivity contribution in [3.05, 3.63) is 53.1 Å². The lowest BCUT2D eigenvalue weighted by Gasteiger charge is -2.09. The van der Waals surface area contributed by atoms with Crippen LogP contribution in [0.3, 0.4) is 0 Å². The average Bonchev–Trinajstić information content (AvgIpc) is 3.05. The summed E-state index contributed by atoms with van der Waals surface area (Å²) in [4.78, 5) is 12.2. The van der Waals surface area contributed by atoms with E-state index in [9.17, 15) is 4.79 Å². The second-order valence-electron chi connectivity index (χ2n) is 5.88. The summed E-state index contributed by atoms with van der Waals surface area (Å²) in [7, 11) is 0. The van der Waals surface area contributed by atoms with Gasteiger partial charge in [0.05, 0.1) is 12.4 Å². The number of hydrogen-bond acceptors (Lipinski definition) is 6. The van der Waals surface area contributed by atoms with Gasteiger partial charge in [0.25, 0.3) is 0 Å². The van der Waals surface area contributed by atoms with E-state index >= 15 is 0 Å². The van der Waals surface area contributed by atoms with Crippen LogP contribution in [0.1, 0.15) is 12.5 Å². The van der Waals surface area contributed by atoms with Crippen LogP contribution >= 0.6 is 23.4 Å². The van der Waals surface area contributed by atoms with E-state index in [1.165, 1.54) is 16.4 Å². The van der Waals surface area contributed by atoms with Crippen LogP contribution < -0.4 is 15.9 Å². The molecule has 2 aromatic carbocycles. The molecule has 146 valence electrons. The molecule has 0 aliphatic carbocycles. The van der Waals surface area contributed by atoms with E-state index in [0.717, 1.165) is 16.9 Å². The normalized spacial score (nSPS) is 10.7. The molecule has 0 aliphatic heterocycles. The third kappa shape index (κ3) is 4.58. The highest BCUT2D eigenvalue weighted by molar-refractivity contribution is 7.99. The zero-order valence-corrected chi connectivity index (χ0v) is 17.0. The van der Waals surface area contributed by atoms with Crippen molar-refractivity contribution in [2.75, 3.05) is 23.5 Å². The number of carbonyl (C=O) groups excluding carboxylic acids is 1. The molecule has 1 amide bonds. The Morgan fingerprint density at radius 2 is 2.00 bits per heavy atom. The number of thioether (sulfide) groups is 1. The van der Waals surface area contributed by atoms with Gasteiger partial charge in [-0.15, -0.1) is 10.2 Å². The van der Waals surface area contributed by atoms with E-state index < -0.39 is 0 Å². The Labute approximate surface area is 172 Å². The molecule has 3 aromatic rings. The number of hydrogen-bond donors (Lipinski definition) is 2. The van der Waals surface area contributed by atoms with Crippen LogP contribution in [-0.4, -0.2) is 33.1 Å². The molecule has 0 spiro atoms. The molecule has 7 nitrogen and oxygen atoms in total. The van der Waals surface area contributed by atoms with Crippen molar-refractivity contribution in [2.24, 2.45) is 0 Å². The maximum Gasteiger partial charge on any atom is 0.234 e. The van der Waals surface area contributed by atoms with Crippen molar-refractivity contribution in [3.8, 4) is 17.1 Å². The predicted molar refractivity (Wildman–Crippen MR) is 112 cm³/mol. The number of halogens is 1. The lowest BCUT2D eigenvalue weighted by molar-refractivity contribution is -0.113. The highest BCUT2D eigenvalue weighted by atomic mass is 35.5. The molecule has 0 atom stereocenters. The third-order valence-electron chi connectivity index (χ3n) is 3.96. The van der Waals surface area contributed by atoms with Crippen LogP contribution in [-0.2, 0) is 4.79 Å². The quantitative estimate of drug-likeness (QED) is 0.449. The summed E-state index contributed by atoms with van der Waals surface area (Å²) in [5.41, 5.74) is 2.31. The van der Waals surface area contributed by atoms with E-state index in [4.69, 9.17) is 22.2 Å². The van der Waals surface area contributed by atoms with Crippen LogP contribution in [0.4, 0.5) is 5.69 Å². The maximum atomic E-state index is 12.2. The molecular formula is C19H20ClN5O2S. The minimum atomic E-state index is -0.180. The van der Waals surface area contributed by atoms with Crippen molar-refractivity contribution < 1.29 is 9.53 Å². The number of carbonyl (C=O) groups is 1. The van der Waals surface area contributed by atoms with Gasteiger partial charge in [-0.3, -0.25) is 4.79 Å². The van der Waals surface area contributed by atoms with Crippen molar-refractivity contribution >= 4 is 35.0 Å². The second kappa shape index (κ2) is 8.99. The Kier molecular flexibility index (Phi) is 6.43. The highest BCUT2D eigenvalue weighted by Crippen LogP contribution is 2.25. The highest BCUT2D eigenvalue weighted by Gasteiger charge is 2.14. The van der Waals surface area contributed by atoms with Crippen molar-refractivity contribution in [2.45, 2.75) is 19.0 Å². The molecular weight excluding hydrogens is 398 g/mol. The van der Waals surface area contributed by atoms with Crippen molar-refractivity contribution in [3.63, 3.8) is 0 Å². The summed E-state index contributed by atoms with van der Waals surface area (Å²) in [5, 5.41) is 12.1. The number of nitrogen functional groups attached to an aromatic ring is 1. The van der Waals surface area contributed by atoms with Crippen LogP contribution in [0, 0.1) is 6.92 Å². The number of nitrogens with two attached hydrogens (primary N) is 1. The summed E-state index contributed by atoms with van der Waals surface area (Å²) in [6.07, 6.45) is 0. The molecule has 0 unspecified atom stereocenters. The Hall–Kier alpha value is -2.71. The molecule has 0 radical (unpaired) electrons. The molecule has 3 N–H and O–H groups in total. The molecule has 0 bridgehead atoms. The van der Waals surface area contributed by atoms with Gasteiger partial charge in [0.15, 0.2) is 5.82 Å². The van der Waals surface area contributed by atoms with Gasteiger partial charge >= 0.3 is 0 Å². The zero-order chi connectivity index (χ0) is 20.1. The van der Waals surface area contributed by atoms with Gasteiger partial charge in [0.1, 0.15) is 5.75 Å².